The lowest BCUT2D eigenvalue weighted by Gasteiger charge is -2.07. The highest BCUT2D eigenvalue weighted by atomic mass is 35.5. The van der Waals surface area contributed by atoms with E-state index in [4.69, 9.17) is 11.6 Å². The maximum atomic E-state index is 13.2. The molecule has 0 spiro atoms. The molecule has 0 unspecified atom stereocenters. The van der Waals surface area contributed by atoms with Gasteiger partial charge in [-0.05, 0) is 36.4 Å². The zero-order valence-electron chi connectivity index (χ0n) is 16.3. The predicted octanol–water partition coefficient (Wildman–Crippen LogP) is 2.97. The van der Waals surface area contributed by atoms with Crippen LogP contribution in [0.5, 0.6) is 0 Å². The Balaban J connectivity index is 1.80. The van der Waals surface area contributed by atoms with Crippen LogP contribution in [-0.4, -0.2) is 24.9 Å². The molecule has 0 aliphatic rings. The third-order valence-corrected chi connectivity index (χ3v) is 5.07. The summed E-state index contributed by atoms with van der Waals surface area (Å²) >= 11 is 5.78. The average Bonchev–Trinajstić information content (AvgIpc) is 3.07. The van der Waals surface area contributed by atoms with Gasteiger partial charge in [-0.3, -0.25) is 19.7 Å². The van der Waals surface area contributed by atoms with E-state index in [1.54, 1.807) is 0 Å². The minimum Gasteiger partial charge on any atom is -0.344 e. The molecule has 10 nitrogen and oxygen atoms in total. The van der Waals surface area contributed by atoms with Crippen LogP contribution in [0.15, 0.2) is 58.3 Å². The number of aromatic amines is 1. The number of carbonyl (C=O) groups excluding carboxylic acids is 1. The highest BCUT2D eigenvalue weighted by Crippen LogP contribution is 2.28. The van der Waals surface area contributed by atoms with Gasteiger partial charge < -0.3 is 14.9 Å². The standard InChI is InChI=1S/C20H13ClFN5O5/c1-25-9-13(18(28)23-11-4-7-14(21)15(8-11)27(31)32)16-17(25)19(29)26(20(30)24-16)12-5-2-10(22)3-6-12/h2-9H,1H3,(H,23,28)(H,24,30). The number of nitro benzene ring substituents is 1. The lowest BCUT2D eigenvalue weighted by molar-refractivity contribution is -0.384. The van der Waals surface area contributed by atoms with E-state index in [2.05, 4.69) is 10.3 Å². The van der Waals surface area contributed by atoms with Gasteiger partial charge in [0.25, 0.3) is 17.2 Å². The number of anilines is 1. The Labute approximate surface area is 182 Å². The number of nitro groups is 1. The van der Waals surface area contributed by atoms with Crippen LogP contribution in [0.4, 0.5) is 15.8 Å². The Morgan fingerprint density at radius 2 is 1.88 bits per heavy atom. The summed E-state index contributed by atoms with van der Waals surface area (Å²) < 4.78 is 15.4. The SMILES string of the molecule is Cn1cc(C(=O)Nc2ccc(Cl)c([N+](=O)[O-])c2)c2[nH]c(=O)n(-c3ccc(F)cc3)c(=O)c21. The first-order chi connectivity index (χ1) is 15.2. The first kappa shape index (κ1) is 21.0. The normalized spacial score (nSPS) is 11.0. The highest BCUT2D eigenvalue weighted by molar-refractivity contribution is 6.32. The maximum Gasteiger partial charge on any atom is 0.333 e. The van der Waals surface area contributed by atoms with Crippen molar-refractivity contribution in [1.82, 2.24) is 14.1 Å². The minimum atomic E-state index is -0.823. The second-order valence-electron chi connectivity index (χ2n) is 6.80. The van der Waals surface area contributed by atoms with Crippen LogP contribution in [0.3, 0.4) is 0 Å². The predicted molar refractivity (Wildman–Crippen MR) is 115 cm³/mol. The topological polar surface area (TPSA) is 132 Å². The highest BCUT2D eigenvalue weighted by Gasteiger charge is 2.21. The number of fused-ring (bicyclic) bond motifs is 1. The zero-order chi connectivity index (χ0) is 23.2. The number of carbonyl (C=O) groups is 1. The third kappa shape index (κ3) is 3.54. The van der Waals surface area contributed by atoms with Crippen molar-refractivity contribution >= 4 is 39.9 Å². The van der Waals surface area contributed by atoms with Crippen LogP contribution in [0.2, 0.25) is 5.02 Å². The summed E-state index contributed by atoms with van der Waals surface area (Å²) in [5.74, 6) is -1.23. The molecule has 2 aromatic heterocycles. The molecule has 0 aliphatic carbocycles. The molecule has 4 aromatic rings. The van der Waals surface area contributed by atoms with Gasteiger partial charge >= 0.3 is 5.69 Å². The lowest BCUT2D eigenvalue weighted by Crippen LogP contribution is -2.34. The fraction of sp³-hybridized carbons (Fsp3) is 0.0500. The van der Waals surface area contributed by atoms with Crippen molar-refractivity contribution in [3.05, 3.63) is 96.0 Å². The molecule has 0 bridgehead atoms. The number of hydrogen-bond donors (Lipinski definition) is 2. The van der Waals surface area contributed by atoms with E-state index in [0.717, 1.165) is 22.8 Å². The Morgan fingerprint density at radius 1 is 1.19 bits per heavy atom. The minimum absolute atomic E-state index is 0.0122. The van der Waals surface area contributed by atoms with Crippen LogP contribution < -0.4 is 16.6 Å². The van der Waals surface area contributed by atoms with Crippen molar-refractivity contribution in [2.24, 2.45) is 7.05 Å². The molecule has 0 saturated carbocycles. The summed E-state index contributed by atoms with van der Waals surface area (Å²) in [5, 5.41) is 13.5. The lowest BCUT2D eigenvalue weighted by atomic mass is 10.2. The number of aryl methyl sites for hydroxylation is 1. The largest absolute Gasteiger partial charge is 0.344 e. The van der Waals surface area contributed by atoms with Crippen molar-refractivity contribution in [1.29, 1.82) is 0 Å². The molecule has 4 rings (SSSR count). The van der Waals surface area contributed by atoms with Gasteiger partial charge in [0.15, 0.2) is 0 Å². The molecule has 0 atom stereocenters. The second kappa shape index (κ2) is 7.78. The van der Waals surface area contributed by atoms with Gasteiger partial charge in [0.2, 0.25) is 0 Å². The van der Waals surface area contributed by atoms with E-state index in [1.807, 2.05) is 0 Å². The third-order valence-electron chi connectivity index (χ3n) is 4.75. The van der Waals surface area contributed by atoms with Crippen LogP contribution in [0.25, 0.3) is 16.7 Å². The summed E-state index contributed by atoms with van der Waals surface area (Å²) in [5.41, 5.74) is -1.68. The average molecular weight is 458 g/mol. The fourth-order valence-electron chi connectivity index (χ4n) is 3.30. The number of aromatic nitrogens is 3. The number of benzene rings is 2. The summed E-state index contributed by atoms with van der Waals surface area (Å²) in [4.78, 5) is 51.3. The Morgan fingerprint density at radius 3 is 2.53 bits per heavy atom. The molecule has 0 fully saturated rings. The van der Waals surface area contributed by atoms with E-state index >= 15 is 0 Å². The number of hydrogen-bond acceptors (Lipinski definition) is 5. The van der Waals surface area contributed by atoms with Crippen molar-refractivity contribution in [3.8, 4) is 5.69 Å². The number of rotatable bonds is 4. The summed E-state index contributed by atoms with van der Waals surface area (Å²) in [6.07, 6.45) is 1.34. The second-order valence-corrected chi connectivity index (χ2v) is 7.21. The van der Waals surface area contributed by atoms with Gasteiger partial charge in [-0.15, -0.1) is 0 Å². The molecule has 0 aliphatic heterocycles. The van der Waals surface area contributed by atoms with Crippen molar-refractivity contribution in [2.75, 3.05) is 5.32 Å². The summed E-state index contributed by atoms with van der Waals surface area (Å²) in [7, 11) is 1.51. The van der Waals surface area contributed by atoms with E-state index in [9.17, 15) is 28.9 Å². The monoisotopic (exact) mass is 457 g/mol. The van der Waals surface area contributed by atoms with E-state index in [-0.39, 0.29) is 33.0 Å². The molecule has 162 valence electrons. The Hall–Kier alpha value is -4.25. The summed E-state index contributed by atoms with van der Waals surface area (Å²) in [6.45, 7) is 0. The van der Waals surface area contributed by atoms with Crippen molar-refractivity contribution in [2.45, 2.75) is 0 Å². The molecule has 0 saturated heterocycles. The number of nitrogens with zero attached hydrogens (tertiary/aromatic N) is 3. The van der Waals surface area contributed by atoms with Crippen molar-refractivity contribution < 1.29 is 14.1 Å². The first-order valence-electron chi connectivity index (χ1n) is 9.03. The Bertz CT molecular complexity index is 1520. The number of H-pyrrole nitrogens is 1. The van der Waals surface area contributed by atoms with E-state index in [0.29, 0.717) is 0 Å². The van der Waals surface area contributed by atoms with Crippen LogP contribution in [0, 0.1) is 15.9 Å². The Kier molecular flexibility index (Phi) is 5.11. The van der Waals surface area contributed by atoms with Gasteiger partial charge in [0.1, 0.15) is 16.4 Å². The van der Waals surface area contributed by atoms with Crippen LogP contribution >= 0.6 is 11.6 Å². The van der Waals surface area contributed by atoms with E-state index in [1.165, 1.54) is 42.1 Å². The number of nitrogens with one attached hydrogen (secondary N) is 2. The van der Waals surface area contributed by atoms with Crippen LogP contribution in [0.1, 0.15) is 10.4 Å². The number of halogens is 2. The maximum absolute atomic E-state index is 13.2. The van der Waals surface area contributed by atoms with Gasteiger partial charge in [-0.1, -0.05) is 11.6 Å². The van der Waals surface area contributed by atoms with Gasteiger partial charge in [0, 0.05) is 25.0 Å². The van der Waals surface area contributed by atoms with E-state index < -0.39 is 33.6 Å². The summed E-state index contributed by atoms with van der Waals surface area (Å²) in [6, 6.07) is 8.52. The molecule has 32 heavy (non-hydrogen) atoms. The molecular weight excluding hydrogens is 445 g/mol. The van der Waals surface area contributed by atoms with Gasteiger partial charge in [-0.25, -0.2) is 13.8 Å². The van der Waals surface area contributed by atoms with Crippen molar-refractivity contribution in [3.63, 3.8) is 0 Å². The van der Waals surface area contributed by atoms with Gasteiger partial charge in [-0.2, -0.15) is 0 Å². The first-order valence-corrected chi connectivity index (χ1v) is 9.40. The molecule has 2 heterocycles. The quantitative estimate of drug-likeness (QED) is 0.359. The molecule has 1 amide bonds. The smallest absolute Gasteiger partial charge is 0.333 e. The van der Waals surface area contributed by atoms with Crippen LogP contribution in [-0.2, 0) is 7.05 Å². The number of amides is 1. The molecule has 12 heteroatoms. The molecular formula is C20H13ClFN5O5. The molecule has 2 aromatic carbocycles. The molecule has 2 N–H and O–H groups in total. The molecule has 0 radical (unpaired) electrons. The van der Waals surface area contributed by atoms with Gasteiger partial charge in [0.05, 0.1) is 21.7 Å². The fourth-order valence-corrected chi connectivity index (χ4v) is 3.48. The zero-order valence-corrected chi connectivity index (χ0v) is 17.0.